The Morgan fingerprint density at radius 3 is 2.29 bits per heavy atom. The molecular formula is C15H17N3O2S. The number of piperazine rings is 1. The summed E-state index contributed by atoms with van der Waals surface area (Å²) in [5, 5.41) is -0.200. The molecule has 110 valence electrons. The molecular weight excluding hydrogens is 286 g/mol. The number of anilines is 1. The van der Waals surface area contributed by atoms with Gasteiger partial charge in [0.05, 0.1) is 4.91 Å². The number of amides is 2. The highest BCUT2D eigenvalue weighted by atomic mass is 32.2. The quantitative estimate of drug-likeness (QED) is 0.782. The first-order chi connectivity index (χ1) is 10.1. The molecule has 0 saturated carbocycles. The Balaban J connectivity index is 1.62. The van der Waals surface area contributed by atoms with E-state index in [1.807, 2.05) is 24.4 Å². The summed E-state index contributed by atoms with van der Waals surface area (Å²) in [7, 11) is 1.52. The van der Waals surface area contributed by atoms with Crippen LogP contribution in [0.25, 0.3) is 0 Å². The van der Waals surface area contributed by atoms with Crippen molar-refractivity contribution in [3.05, 3.63) is 41.4 Å². The van der Waals surface area contributed by atoms with Crippen molar-refractivity contribution in [2.24, 2.45) is 0 Å². The van der Waals surface area contributed by atoms with Crippen molar-refractivity contribution in [3.63, 3.8) is 0 Å². The number of hydrogen-bond acceptors (Lipinski definition) is 5. The monoisotopic (exact) mass is 303 g/mol. The molecule has 2 aliphatic heterocycles. The smallest absolute Gasteiger partial charge is 0.293 e. The van der Waals surface area contributed by atoms with Crippen LogP contribution in [0, 0.1) is 0 Å². The van der Waals surface area contributed by atoms with E-state index in [2.05, 4.69) is 21.9 Å². The number of carbonyl (C=O) groups excluding carboxylic acids is 2. The highest BCUT2D eigenvalue weighted by Crippen LogP contribution is 2.29. The van der Waals surface area contributed by atoms with Crippen molar-refractivity contribution in [1.82, 2.24) is 9.80 Å². The van der Waals surface area contributed by atoms with Gasteiger partial charge in [-0.15, -0.1) is 0 Å². The Bertz CT molecular complexity index is 580. The van der Waals surface area contributed by atoms with Gasteiger partial charge < -0.3 is 9.80 Å². The average Bonchev–Trinajstić information content (AvgIpc) is 2.76. The summed E-state index contributed by atoms with van der Waals surface area (Å²) in [4.78, 5) is 29.5. The molecule has 5 nitrogen and oxygen atoms in total. The number of hydrogen-bond donors (Lipinski definition) is 0. The Morgan fingerprint density at radius 1 is 1.05 bits per heavy atom. The summed E-state index contributed by atoms with van der Waals surface area (Å²) in [6.07, 6.45) is 1.83. The molecule has 6 heteroatoms. The minimum absolute atomic E-state index is 0.199. The van der Waals surface area contributed by atoms with Gasteiger partial charge in [-0.05, 0) is 23.9 Å². The van der Waals surface area contributed by atoms with Crippen LogP contribution in [0.1, 0.15) is 0 Å². The van der Waals surface area contributed by atoms with E-state index < -0.39 is 0 Å². The lowest BCUT2D eigenvalue weighted by atomic mass is 10.2. The lowest BCUT2D eigenvalue weighted by molar-refractivity contribution is -0.121. The van der Waals surface area contributed by atoms with Crippen LogP contribution < -0.4 is 4.90 Å². The van der Waals surface area contributed by atoms with Gasteiger partial charge in [0.2, 0.25) is 0 Å². The molecule has 0 N–H and O–H groups in total. The van der Waals surface area contributed by atoms with E-state index in [9.17, 15) is 9.59 Å². The second-order valence-corrected chi connectivity index (χ2v) is 6.08. The second kappa shape index (κ2) is 5.81. The third-order valence-corrected chi connectivity index (χ3v) is 4.67. The number of rotatable bonds is 2. The summed E-state index contributed by atoms with van der Waals surface area (Å²) < 4.78 is 0. The molecule has 2 heterocycles. The summed E-state index contributed by atoms with van der Waals surface area (Å²) in [6, 6.07) is 10.3. The molecule has 0 radical (unpaired) electrons. The minimum Gasteiger partial charge on any atom is -0.373 e. The maximum absolute atomic E-state index is 11.9. The van der Waals surface area contributed by atoms with Crippen LogP contribution in [0.4, 0.5) is 10.5 Å². The number of para-hydroxylation sites is 1. The molecule has 0 unspecified atom stereocenters. The van der Waals surface area contributed by atoms with E-state index in [0.29, 0.717) is 4.91 Å². The number of imide groups is 1. The van der Waals surface area contributed by atoms with Crippen molar-refractivity contribution in [1.29, 1.82) is 0 Å². The van der Waals surface area contributed by atoms with Crippen molar-refractivity contribution >= 4 is 28.6 Å². The van der Waals surface area contributed by atoms with E-state index in [-0.39, 0.29) is 11.1 Å². The number of likely N-dealkylation sites (N-methyl/N-ethyl adjacent to an activating group) is 1. The minimum atomic E-state index is -0.200. The molecule has 3 rings (SSSR count). The lowest BCUT2D eigenvalue weighted by Gasteiger charge is -2.35. The van der Waals surface area contributed by atoms with Gasteiger partial charge >= 0.3 is 0 Å². The van der Waals surface area contributed by atoms with Gasteiger partial charge in [0.15, 0.2) is 0 Å². The Kier molecular flexibility index (Phi) is 3.88. The van der Waals surface area contributed by atoms with Crippen molar-refractivity contribution < 1.29 is 9.59 Å². The summed E-state index contributed by atoms with van der Waals surface area (Å²) in [5.41, 5.74) is 1.23. The van der Waals surface area contributed by atoms with Crippen molar-refractivity contribution in [2.45, 2.75) is 0 Å². The summed E-state index contributed by atoms with van der Waals surface area (Å²) in [5.74, 6) is -0.199. The van der Waals surface area contributed by atoms with E-state index in [1.54, 1.807) is 0 Å². The van der Waals surface area contributed by atoms with Gasteiger partial charge in [0, 0.05) is 45.1 Å². The van der Waals surface area contributed by atoms with Crippen LogP contribution in [0.5, 0.6) is 0 Å². The van der Waals surface area contributed by atoms with Crippen molar-refractivity contribution in [3.8, 4) is 0 Å². The maximum Gasteiger partial charge on any atom is 0.293 e. The molecule has 2 aliphatic rings. The molecule has 0 aromatic heterocycles. The third-order valence-electron chi connectivity index (χ3n) is 3.72. The normalized spacial score (nSPS) is 21.6. The van der Waals surface area contributed by atoms with Crippen LogP contribution >= 0.6 is 11.8 Å². The molecule has 2 fully saturated rings. The molecule has 0 atom stereocenters. The summed E-state index contributed by atoms with van der Waals surface area (Å²) in [6.45, 7) is 3.53. The first kappa shape index (κ1) is 14.0. The average molecular weight is 303 g/mol. The zero-order chi connectivity index (χ0) is 14.8. The number of nitrogens with zero attached hydrogens (tertiary/aromatic N) is 3. The van der Waals surface area contributed by atoms with Crippen molar-refractivity contribution in [2.75, 3.05) is 38.1 Å². The SMILES string of the molecule is CN1C(=O)SC(=CN2CCN(c3ccccc3)CC2)C1=O. The zero-order valence-electron chi connectivity index (χ0n) is 11.9. The zero-order valence-corrected chi connectivity index (χ0v) is 12.7. The number of carbonyl (C=O) groups is 2. The fourth-order valence-corrected chi connectivity index (χ4v) is 3.28. The fraction of sp³-hybridized carbons (Fsp3) is 0.333. The maximum atomic E-state index is 11.9. The third kappa shape index (κ3) is 2.90. The predicted molar refractivity (Wildman–Crippen MR) is 84.1 cm³/mol. The van der Waals surface area contributed by atoms with E-state index >= 15 is 0 Å². The Hall–Kier alpha value is -1.95. The van der Waals surface area contributed by atoms with E-state index in [1.165, 1.54) is 12.7 Å². The molecule has 0 bridgehead atoms. The molecule has 1 aromatic carbocycles. The second-order valence-electron chi connectivity index (χ2n) is 5.08. The molecule has 0 spiro atoms. The fourth-order valence-electron chi connectivity index (χ4n) is 2.45. The van der Waals surface area contributed by atoms with Gasteiger partial charge in [-0.2, -0.15) is 0 Å². The van der Waals surface area contributed by atoms with E-state index in [4.69, 9.17) is 0 Å². The Morgan fingerprint density at radius 2 is 1.71 bits per heavy atom. The van der Waals surface area contributed by atoms with Gasteiger partial charge in [-0.25, -0.2) is 0 Å². The molecule has 2 saturated heterocycles. The van der Waals surface area contributed by atoms with Crippen LogP contribution in [-0.4, -0.2) is 54.2 Å². The molecule has 2 amide bonds. The van der Waals surface area contributed by atoms with Crippen LogP contribution in [0.3, 0.4) is 0 Å². The van der Waals surface area contributed by atoms with Gasteiger partial charge in [-0.3, -0.25) is 14.5 Å². The van der Waals surface area contributed by atoms with E-state index in [0.717, 1.165) is 42.8 Å². The Labute approximate surface area is 128 Å². The van der Waals surface area contributed by atoms with Gasteiger partial charge in [0.25, 0.3) is 11.1 Å². The molecule has 0 aliphatic carbocycles. The molecule has 1 aromatic rings. The van der Waals surface area contributed by atoms with Crippen LogP contribution in [0.2, 0.25) is 0 Å². The van der Waals surface area contributed by atoms with Crippen LogP contribution in [-0.2, 0) is 4.79 Å². The van der Waals surface area contributed by atoms with Gasteiger partial charge in [0.1, 0.15) is 0 Å². The van der Waals surface area contributed by atoms with Crippen LogP contribution in [0.15, 0.2) is 41.4 Å². The first-order valence-corrected chi connectivity index (χ1v) is 7.72. The lowest BCUT2D eigenvalue weighted by Crippen LogP contribution is -2.44. The molecule has 21 heavy (non-hydrogen) atoms. The highest BCUT2D eigenvalue weighted by molar-refractivity contribution is 8.18. The summed E-state index contributed by atoms with van der Waals surface area (Å²) >= 11 is 1.02. The first-order valence-electron chi connectivity index (χ1n) is 6.91. The van der Waals surface area contributed by atoms with Gasteiger partial charge in [-0.1, -0.05) is 18.2 Å². The number of benzene rings is 1. The standard InChI is InChI=1S/C15H17N3O2S/c1-16-14(19)13(21-15(16)20)11-17-7-9-18(10-8-17)12-5-3-2-4-6-12/h2-6,11H,7-10H2,1H3. The largest absolute Gasteiger partial charge is 0.373 e. The number of thioether (sulfide) groups is 1. The topological polar surface area (TPSA) is 43.9 Å². The predicted octanol–water partition coefficient (Wildman–Crippen LogP) is 1.98. The highest BCUT2D eigenvalue weighted by Gasteiger charge is 2.32.